The topological polar surface area (TPSA) is 24.5 Å². The first-order chi connectivity index (χ1) is 10.4. The maximum absolute atomic E-state index is 5.97. The number of rotatable bonds is 5. The molecular formula is C18H28N2O. The van der Waals surface area contributed by atoms with Gasteiger partial charge in [0.2, 0.25) is 0 Å². The van der Waals surface area contributed by atoms with Crippen molar-refractivity contribution in [2.75, 3.05) is 38.1 Å². The Morgan fingerprint density at radius 2 is 2.19 bits per heavy atom. The fourth-order valence-electron chi connectivity index (χ4n) is 3.65. The highest BCUT2D eigenvalue weighted by atomic mass is 16.5. The maximum Gasteiger partial charge on any atom is 0.0702 e. The van der Waals surface area contributed by atoms with Crippen molar-refractivity contribution in [2.24, 2.45) is 0 Å². The van der Waals surface area contributed by atoms with Crippen LogP contribution in [0.3, 0.4) is 0 Å². The molecule has 2 unspecified atom stereocenters. The summed E-state index contributed by atoms with van der Waals surface area (Å²) in [5.41, 5.74) is 2.84. The number of para-hydroxylation sites is 1. The molecule has 2 aliphatic rings. The zero-order valence-corrected chi connectivity index (χ0v) is 13.2. The van der Waals surface area contributed by atoms with Crippen LogP contribution in [0.2, 0.25) is 0 Å². The normalized spacial score (nSPS) is 26.1. The number of anilines is 1. The van der Waals surface area contributed by atoms with Gasteiger partial charge in [-0.3, -0.25) is 0 Å². The number of hydrogen-bond acceptors (Lipinski definition) is 3. The Hall–Kier alpha value is -1.06. The molecule has 0 aromatic heterocycles. The van der Waals surface area contributed by atoms with Crippen molar-refractivity contribution in [1.82, 2.24) is 4.90 Å². The van der Waals surface area contributed by atoms with E-state index in [-0.39, 0.29) is 0 Å². The molecule has 116 valence electrons. The van der Waals surface area contributed by atoms with Gasteiger partial charge < -0.3 is 15.0 Å². The molecule has 21 heavy (non-hydrogen) atoms. The van der Waals surface area contributed by atoms with Gasteiger partial charge >= 0.3 is 0 Å². The smallest absolute Gasteiger partial charge is 0.0702 e. The fraction of sp³-hybridized carbons (Fsp3) is 0.667. The molecule has 1 aromatic carbocycles. The zero-order valence-electron chi connectivity index (χ0n) is 13.2. The molecule has 1 saturated heterocycles. The van der Waals surface area contributed by atoms with Crippen molar-refractivity contribution >= 4 is 5.69 Å². The zero-order chi connectivity index (χ0) is 14.5. The van der Waals surface area contributed by atoms with E-state index in [0.29, 0.717) is 12.0 Å². The minimum Gasteiger partial charge on any atom is -0.385 e. The first-order valence-corrected chi connectivity index (χ1v) is 8.53. The predicted molar refractivity (Wildman–Crippen MR) is 88.0 cm³/mol. The number of fused-ring (bicyclic) bond motifs is 1. The SMILES string of the molecule is CCCOC1CCCN(CC2CCNc3ccccc32)C1. The summed E-state index contributed by atoms with van der Waals surface area (Å²) in [4.78, 5) is 2.62. The Kier molecular flexibility index (Phi) is 5.15. The van der Waals surface area contributed by atoms with Crippen LogP contribution in [0.1, 0.15) is 44.1 Å². The second-order valence-corrected chi connectivity index (χ2v) is 6.39. The van der Waals surface area contributed by atoms with E-state index in [1.54, 1.807) is 0 Å². The highest BCUT2D eigenvalue weighted by Gasteiger charge is 2.26. The van der Waals surface area contributed by atoms with Crippen LogP contribution in [0.15, 0.2) is 24.3 Å². The summed E-state index contributed by atoms with van der Waals surface area (Å²) < 4.78 is 5.97. The lowest BCUT2D eigenvalue weighted by Gasteiger charge is -2.36. The fourth-order valence-corrected chi connectivity index (χ4v) is 3.65. The summed E-state index contributed by atoms with van der Waals surface area (Å²) in [6, 6.07) is 8.80. The van der Waals surface area contributed by atoms with Crippen LogP contribution < -0.4 is 5.32 Å². The number of hydrogen-bond donors (Lipinski definition) is 1. The van der Waals surface area contributed by atoms with Crippen LogP contribution in [-0.4, -0.2) is 43.8 Å². The standard InChI is InChI=1S/C18H28N2O/c1-2-12-21-16-6-5-11-20(14-16)13-15-9-10-19-18-8-4-3-7-17(15)18/h3-4,7-8,15-16,19H,2,5-6,9-14H2,1H3. The Bertz CT molecular complexity index is 449. The molecule has 0 radical (unpaired) electrons. The molecule has 0 amide bonds. The van der Waals surface area contributed by atoms with Gasteiger partial charge in [-0.1, -0.05) is 25.1 Å². The van der Waals surface area contributed by atoms with Crippen LogP contribution in [0.4, 0.5) is 5.69 Å². The highest BCUT2D eigenvalue weighted by molar-refractivity contribution is 5.54. The molecule has 3 nitrogen and oxygen atoms in total. The third-order valence-electron chi connectivity index (χ3n) is 4.71. The van der Waals surface area contributed by atoms with Gasteiger partial charge in [-0.15, -0.1) is 0 Å². The summed E-state index contributed by atoms with van der Waals surface area (Å²) >= 11 is 0. The van der Waals surface area contributed by atoms with Gasteiger partial charge in [0.15, 0.2) is 0 Å². The van der Waals surface area contributed by atoms with E-state index in [1.165, 1.54) is 43.6 Å². The Morgan fingerprint density at radius 3 is 3.10 bits per heavy atom. The molecule has 3 rings (SSSR count). The van der Waals surface area contributed by atoms with Crippen LogP contribution in [0, 0.1) is 0 Å². The molecular weight excluding hydrogens is 260 g/mol. The lowest BCUT2D eigenvalue weighted by Crippen LogP contribution is -2.42. The molecule has 2 aliphatic heterocycles. The van der Waals surface area contributed by atoms with Gasteiger partial charge in [0.05, 0.1) is 6.10 Å². The molecule has 0 bridgehead atoms. The van der Waals surface area contributed by atoms with Gasteiger partial charge in [0, 0.05) is 37.8 Å². The van der Waals surface area contributed by atoms with Gasteiger partial charge in [0.1, 0.15) is 0 Å². The second-order valence-electron chi connectivity index (χ2n) is 6.39. The lowest BCUT2D eigenvalue weighted by atomic mass is 9.90. The average Bonchev–Trinajstić information content (AvgIpc) is 2.54. The van der Waals surface area contributed by atoms with Crippen molar-refractivity contribution in [3.63, 3.8) is 0 Å². The molecule has 3 heteroatoms. The van der Waals surface area contributed by atoms with E-state index in [2.05, 4.69) is 41.4 Å². The van der Waals surface area contributed by atoms with Gasteiger partial charge in [0.25, 0.3) is 0 Å². The Balaban J connectivity index is 1.59. The van der Waals surface area contributed by atoms with Crippen molar-refractivity contribution in [3.8, 4) is 0 Å². The highest BCUT2D eigenvalue weighted by Crippen LogP contribution is 2.32. The van der Waals surface area contributed by atoms with E-state index < -0.39 is 0 Å². The van der Waals surface area contributed by atoms with Gasteiger partial charge in [-0.2, -0.15) is 0 Å². The van der Waals surface area contributed by atoms with Crippen molar-refractivity contribution < 1.29 is 4.74 Å². The minimum absolute atomic E-state index is 0.454. The summed E-state index contributed by atoms with van der Waals surface area (Å²) in [7, 11) is 0. The van der Waals surface area contributed by atoms with Crippen molar-refractivity contribution in [2.45, 2.75) is 44.6 Å². The molecule has 0 spiro atoms. The summed E-state index contributed by atoms with van der Waals surface area (Å²) in [5, 5.41) is 3.52. The summed E-state index contributed by atoms with van der Waals surface area (Å²) in [5.74, 6) is 0.673. The van der Waals surface area contributed by atoms with E-state index >= 15 is 0 Å². The van der Waals surface area contributed by atoms with Crippen LogP contribution in [0.5, 0.6) is 0 Å². The average molecular weight is 288 g/mol. The largest absolute Gasteiger partial charge is 0.385 e. The first kappa shape index (κ1) is 14.9. The van der Waals surface area contributed by atoms with Gasteiger partial charge in [-0.25, -0.2) is 0 Å². The van der Waals surface area contributed by atoms with E-state index in [1.807, 2.05) is 0 Å². The maximum atomic E-state index is 5.97. The third-order valence-corrected chi connectivity index (χ3v) is 4.71. The first-order valence-electron chi connectivity index (χ1n) is 8.53. The monoisotopic (exact) mass is 288 g/mol. The molecule has 0 aliphatic carbocycles. The Labute approximate surface area is 128 Å². The summed E-state index contributed by atoms with van der Waals surface area (Å²) in [6.45, 7) is 7.74. The number of benzene rings is 1. The predicted octanol–water partition coefficient (Wildman–Crippen LogP) is 3.48. The molecule has 2 atom stereocenters. The third kappa shape index (κ3) is 3.78. The minimum atomic E-state index is 0.454. The summed E-state index contributed by atoms with van der Waals surface area (Å²) in [6.07, 6.45) is 5.34. The van der Waals surface area contributed by atoms with E-state index in [0.717, 1.165) is 26.1 Å². The van der Waals surface area contributed by atoms with Crippen molar-refractivity contribution in [3.05, 3.63) is 29.8 Å². The number of ether oxygens (including phenoxy) is 1. The molecule has 1 fully saturated rings. The number of piperidine rings is 1. The van der Waals surface area contributed by atoms with Crippen LogP contribution in [-0.2, 0) is 4.74 Å². The molecule has 0 saturated carbocycles. The van der Waals surface area contributed by atoms with Crippen LogP contribution >= 0.6 is 0 Å². The van der Waals surface area contributed by atoms with Crippen molar-refractivity contribution in [1.29, 1.82) is 0 Å². The number of nitrogens with zero attached hydrogens (tertiary/aromatic N) is 1. The number of likely N-dealkylation sites (tertiary alicyclic amines) is 1. The quantitative estimate of drug-likeness (QED) is 0.898. The number of nitrogens with one attached hydrogen (secondary N) is 1. The molecule has 1 aromatic rings. The lowest BCUT2D eigenvalue weighted by molar-refractivity contribution is -0.00168. The van der Waals surface area contributed by atoms with Gasteiger partial charge in [-0.05, 0) is 43.9 Å². The molecule has 2 heterocycles. The molecule has 1 N–H and O–H groups in total. The Morgan fingerprint density at radius 1 is 1.29 bits per heavy atom. The van der Waals surface area contributed by atoms with Crippen LogP contribution in [0.25, 0.3) is 0 Å². The van der Waals surface area contributed by atoms with E-state index in [4.69, 9.17) is 4.74 Å². The second kappa shape index (κ2) is 7.28. The van der Waals surface area contributed by atoms with E-state index in [9.17, 15) is 0 Å².